The molecule has 3 rings (SSSR count). The summed E-state index contributed by atoms with van der Waals surface area (Å²) in [6, 6.07) is 2.33. The Morgan fingerprint density at radius 3 is 3.12 bits per heavy atom. The molecule has 1 fully saturated rings. The van der Waals surface area contributed by atoms with E-state index in [0.29, 0.717) is 6.04 Å². The molecule has 0 N–H and O–H groups in total. The molecule has 2 heterocycles. The molecule has 7 heteroatoms. The molecule has 0 unspecified atom stereocenters. The van der Waals surface area contributed by atoms with Crippen molar-refractivity contribution in [3.8, 4) is 0 Å². The molecule has 0 saturated heterocycles. The van der Waals surface area contributed by atoms with Crippen LogP contribution in [-0.4, -0.2) is 26.5 Å². The maximum absolute atomic E-state index is 10.6. The highest BCUT2D eigenvalue weighted by Crippen LogP contribution is 2.38. The number of hydrogen-bond acceptors (Lipinski definition) is 6. The van der Waals surface area contributed by atoms with Gasteiger partial charge in [-0.15, -0.1) is 16.4 Å². The van der Waals surface area contributed by atoms with Crippen LogP contribution in [0.15, 0.2) is 21.5 Å². The standard InChI is InChI=1S/C9H8N4OS2/c14-4-7-3-8(5-15-7)16-9-10-11-12-13(9)6-1-2-6/h3-6H,1-2H2. The number of rotatable bonds is 4. The maximum atomic E-state index is 10.6. The third-order valence-electron chi connectivity index (χ3n) is 2.28. The van der Waals surface area contributed by atoms with Crippen molar-refractivity contribution in [2.24, 2.45) is 0 Å². The highest BCUT2D eigenvalue weighted by molar-refractivity contribution is 7.99. The molecule has 2 aromatic rings. The predicted molar refractivity (Wildman–Crippen MR) is 59.9 cm³/mol. The van der Waals surface area contributed by atoms with Crippen LogP contribution in [0.5, 0.6) is 0 Å². The van der Waals surface area contributed by atoms with E-state index in [1.54, 1.807) is 0 Å². The zero-order valence-corrected chi connectivity index (χ0v) is 9.87. The Hall–Kier alpha value is -1.21. The highest BCUT2D eigenvalue weighted by atomic mass is 32.2. The van der Waals surface area contributed by atoms with Gasteiger partial charge in [-0.1, -0.05) is 0 Å². The Kier molecular flexibility index (Phi) is 2.49. The van der Waals surface area contributed by atoms with Crippen molar-refractivity contribution >= 4 is 29.4 Å². The molecule has 0 atom stereocenters. The molecule has 0 spiro atoms. The quantitative estimate of drug-likeness (QED) is 0.779. The predicted octanol–water partition coefficient (Wildman–Crippen LogP) is 2.03. The van der Waals surface area contributed by atoms with Crippen LogP contribution in [0.25, 0.3) is 0 Å². The van der Waals surface area contributed by atoms with E-state index in [1.165, 1.54) is 23.1 Å². The Bertz CT molecular complexity index is 517. The van der Waals surface area contributed by atoms with Gasteiger partial charge in [0.2, 0.25) is 5.16 Å². The van der Waals surface area contributed by atoms with Crippen molar-refractivity contribution in [2.45, 2.75) is 28.9 Å². The number of aldehydes is 1. The summed E-state index contributed by atoms with van der Waals surface area (Å²) >= 11 is 2.94. The second-order valence-corrected chi connectivity index (χ2v) is 5.53. The van der Waals surface area contributed by atoms with Gasteiger partial charge in [0.15, 0.2) is 6.29 Å². The van der Waals surface area contributed by atoms with Crippen LogP contribution in [0.4, 0.5) is 0 Å². The summed E-state index contributed by atoms with van der Waals surface area (Å²) in [4.78, 5) is 12.3. The van der Waals surface area contributed by atoms with E-state index in [-0.39, 0.29) is 0 Å². The van der Waals surface area contributed by atoms with E-state index in [0.717, 1.165) is 34.1 Å². The molecule has 1 aliphatic carbocycles. The topological polar surface area (TPSA) is 60.7 Å². The lowest BCUT2D eigenvalue weighted by molar-refractivity contribution is 0.112. The van der Waals surface area contributed by atoms with Gasteiger partial charge in [0.1, 0.15) is 0 Å². The van der Waals surface area contributed by atoms with Crippen LogP contribution in [0.1, 0.15) is 28.6 Å². The third kappa shape index (κ3) is 1.88. The van der Waals surface area contributed by atoms with E-state index in [2.05, 4.69) is 15.5 Å². The van der Waals surface area contributed by atoms with E-state index >= 15 is 0 Å². The summed E-state index contributed by atoms with van der Waals surface area (Å²) < 4.78 is 1.86. The van der Waals surface area contributed by atoms with Gasteiger partial charge < -0.3 is 0 Å². The van der Waals surface area contributed by atoms with Crippen molar-refractivity contribution in [3.63, 3.8) is 0 Å². The maximum Gasteiger partial charge on any atom is 0.214 e. The lowest BCUT2D eigenvalue weighted by atomic mass is 10.5. The Labute approximate surface area is 99.9 Å². The average molecular weight is 252 g/mol. The molecule has 1 saturated carbocycles. The summed E-state index contributed by atoms with van der Waals surface area (Å²) in [5, 5.41) is 14.4. The average Bonchev–Trinajstić information content (AvgIpc) is 2.88. The minimum atomic E-state index is 0.474. The van der Waals surface area contributed by atoms with Crippen molar-refractivity contribution in [1.82, 2.24) is 20.2 Å². The zero-order chi connectivity index (χ0) is 11.0. The number of thiophene rings is 1. The molecule has 0 bridgehead atoms. The van der Waals surface area contributed by atoms with Crippen LogP contribution >= 0.6 is 23.1 Å². The van der Waals surface area contributed by atoms with Crippen LogP contribution < -0.4 is 0 Å². The summed E-state index contributed by atoms with van der Waals surface area (Å²) in [5.74, 6) is 0. The minimum Gasteiger partial charge on any atom is -0.297 e. The van der Waals surface area contributed by atoms with E-state index in [4.69, 9.17) is 0 Å². The largest absolute Gasteiger partial charge is 0.297 e. The van der Waals surface area contributed by atoms with E-state index in [9.17, 15) is 4.79 Å². The van der Waals surface area contributed by atoms with Crippen LogP contribution in [-0.2, 0) is 0 Å². The van der Waals surface area contributed by atoms with E-state index < -0.39 is 0 Å². The van der Waals surface area contributed by atoms with Crippen LogP contribution in [0.3, 0.4) is 0 Å². The number of nitrogens with zero attached hydrogens (tertiary/aromatic N) is 4. The lowest BCUT2D eigenvalue weighted by Crippen LogP contribution is -1.98. The first-order chi connectivity index (χ1) is 7.86. The van der Waals surface area contributed by atoms with Crippen molar-refractivity contribution in [3.05, 3.63) is 16.3 Å². The number of tetrazole rings is 1. The monoisotopic (exact) mass is 252 g/mol. The first-order valence-corrected chi connectivity index (χ1v) is 6.56. The number of aromatic nitrogens is 4. The van der Waals surface area contributed by atoms with Gasteiger partial charge in [-0.25, -0.2) is 4.68 Å². The Balaban J connectivity index is 1.82. The molecule has 1 aliphatic rings. The first-order valence-electron chi connectivity index (χ1n) is 4.86. The highest BCUT2D eigenvalue weighted by Gasteiger charge is 2.28. The van der Waals surface area contributed by atoms with Gasteiger partial charge in [0, 0.05) is 10.3 Å². The van der Waals surface area contributed by atoms with Crippen molar-refractivity contribution in [2.75, 3.05) is 0 Å². The lowest BCUT2D eigenvalue weighted by Gasteiger charge is -1.99. The van der Waals surface area contributed by atoms with Gasteiger partial charge >= 0.3 is 0 Å². The third-order valence-corrected chi connectivity index (χ3v) is 4.21. The summed E-state index contributed by atoms with van der Waals surface area (Å²) in [7, 11) is 0. The summed E-state index contributed by atoms with van der Waals surface area (Å²) in [6.07, 6.45) is 3.17. The van der Waals surface area contributed by atoms with Crippen molar-refractivity contribution < 1.29 is 4.79 Å². The summed E-state index contributed by atoms with van der Waals surface area (Å²) in [6.45, 7) is 0. The number of hydrogen-bond donors (Lipinski definition) is 0. The fraction of sp³-hybridized carbons (Fsp3) is 0.333. The van der Waals surface area contributed by atoms with Crippen LogP contribution in [0.2, 0.25) is 0 Å². The number of carbonyl (C=O) groups excluding carboxylic acids is 1. The van der Waals surface area contributed by atoms with Gasteiger partial charge in [0.25, 0.3) is 0 Å². The molecule has 0 aromatic carbocycles. The molecule has 2 aromatic heterocycles. The van der Waals surface area contributed by atoms with Crippen molar-refractivity contribution in [1.29, 1.82) is 0 Å². The second kappa shape index (κ2) is 3.99. The Morgan fingerprint density at radius 2 is 2.44 bits per heavy atom. The van der Waals surface area contributed by atoms with Gasteiger partial charge in [-0.2, -0.15) is 0 Å². The SMILES string of the molecule is O=Cc1cc(Sc2nnnn2C2CC2)cs1. The fourth-order valence-electron chi connectivity index (χ4n) is 1.36. The molecule has 0 aliphatic heterocycles. The molecule has 0 radical (unpaired) electrons. The summed E-state index contributed by atoms with van der Waals surface area (Å²) in [5.41, 5.74) is 0. The molecular formula is C9H8N4OS2. The molecular weight excluding hydrogens is 244 g/mol. The molecule has 5 nitrogen and oxygen atoms in total. The molecule has 16 heavy (non-hydrogen) atoms. The first kappa shape index (κ1) is 9.98. The van der Waals surface area contributed by atoms with Gasteiger partial charge in [-0.3, -0.25) is 4.79 Å². The molecule has 0 amide bonds. The zero-order valence-electron chi connectivity index (χ0n) is 8.24. The second-order valence-electron chi connectivity index (χ2n) is 3.54. The Morgan fingerprint density at radius 1 is 1.56 bits per heavy atom. The van der Waals surface area contributed by atoms with Gasteiger partial charge in [-0.05, 0) is 41.1 Å². The normalized spacial score (nSPS) is 15.2. The van der Waals surface area contributed by atoms with Crippen LogP contribution in [0, 0.1) is 0 Å². The minimum absolute atomic E-state index is 0.474. The molecule has 82 valence electrons. The smallest absolute Gasteiger partial charge is 0.214 e. The number of carbonyl (C=O) groups is 1. The van der Waals surface area contributed by atoms with E-state index in [1.807, 2.05) is 16.1 Å². The fourth-order valence-corrected chi connectivity index (χ4v) is 3.09. The van der Waals surface area contributed by atoms with Gasteiger partial charge in [0.05, 0.1) is 10.9 Å².